The van der Waals surface area contributed by atoms with Gasteiger partial charge in [0.1, 0.15) is 5.75 Å². The van der Waals surface area contributed by atoms with Crippen LogP contribution >= 0.6 is 0 Å². The summed E-state index contributed by atoms with van der Waals surface area (Å²) in [5, 5.41) is 0. The number of benzene rings is 2. The van der Waals surface area contributed by atoms with Crippen molar-refractivity contribution in [2.24, 2.45) is 0 Å². The number of aryl methyl sites for hydroxylation is 1. The van der Waals surface area contributed by atoms with E-state index in [0.29, 0.717) is 13.0 Å². The third kappa shape index (κ3) is 5.50. The number of ether oxygens (including phenoxy) is 1. The molecule has 0 aromatic heterocycles. The second-order valence-electron chi connectivity index (χ2n) is 5.08. The van der Waals surface area contributed by atoms with Crippen LogP contribution in [0, 0.1) is 0 Å². The van der Waals surface area contributed by atoms with Gasteiger partial charge in [-0.25, -0.2) is 13.1 Å². The fraction of sp³-hybridized carbons (Fsp3) is 0.294. The topological polar surface area (TPSA) is 55.4 Å². The van der Waals surface area contributed by atoms with Crippen LogP contribution in [-0.4, -0.2) is 21.3 Å². The predicted octanol–water partition coefficient (Wildman–Crippen LogP) is 2.75. The molecule has 0 bridgehead atoms. The highest BCUT2D eigenvalue weighted by molar-refractivity contribution is 7.89. The first kappa shape index (κ1) is 16.5. The minimum atomic E-state index is -3.25. The Morgan fingerprint density at radius 1 is 0.955 bits per heavy atom. The average Bonchev–Trinajstić information content (AvgIpc) is 2.54. The van der Waals surface area contributed by atoms with Crippen LogP contribution in [0.4, 0.5) is 0 Å². The van der Waals surface area contributed by atoms with Crippen LogP contribution in [0.3, 0.4) is 0 Å². The fourth-order valence-corrected chi connectivity index (χ4v) is 3.18. The summed E-state index contributed by atoms with van der Waals surface area (Å²) < 4.78 is 31.7. The Morgan fingerprint density at radius 3 is 2.27 bits per heavy atom. The van der Waals surface area contributed by atoms with E-state index in [0.717, 1.165) is 23.3 Å². The van der Waals surface area contributed by atoms with E-state index in [-0.39, 0.29) is 5.75 Å². The predicted molar refractivity (Wildman–Crippen MR) is 88.4 cm³/mol. The molecule has 2 aromatic rings. The maximum atomic E-state index is 12.0. The van der Waals surface area contributed by atoms with Crippen molar-refractivity contribution in [3.8, 4) is 5.75 Å². The lowest BCUT2D eigenvalue weighted by atomic mass is 10.1. The van der Waals surface area contributed by atoms with Gasteiger partial charge in [-0.3, -0.25) is 0 Å². The molecule has 0 saturated heterocycles. The van der Waals surface area contributed by atoms with Gasteiger partial charge in [-0.05, 0) is 36.1 Å². The molecule has 0 aliphatic heterocycles. The molecule has 0 unspecified atom stereocenters. The zero-order valence-electron chi connectivity index (χ0n) is 12.7. The summed E-state index contributed by atoms with van der Waals surface area (Å²) in [4.78, 5) is 0. The van der Waals surface area contributed by atoms with E-state index in [1.54, 1.807) is 7.11 Å². The number of nitrogens with one attached hydrogen (secondary N) is 1. The lowest BCUT2D eigenvalue weighted by Gasteiger charge is -2.07. The normalized spacial score (nSPS) is 11.3. The second kappa shape index (κ2) is 7.96. The molecule has 0 fully saturated rings. The summed E-state index contributed by atoms with van der Waals surface area (Å²) in [5.74, 6) is 0.896. The van der Waals surface area contributed by atoms with Crippen LogP contribution in [0.2, 0.25) is 0 Å². The molecule has 0 atom stereocenters. The fourth-order valence-electron chi connectivity index (χ4n) is 2.12. The molecule has 5 heteroatoms. The number of methoxy groups -OCH3 is 1. The van der Waals surface area contributed by atoms with Crippen molar-refractivity contribution in [3.05, 3.63) is 65.7 Å². The van der Waals surface area contributed by atoms with Crippen molar-refractivity contribution in [2.45, 2.75) is 19.4 Å². The first-order valence-electron chi connectivity index (χ1n) is 7.23. The minimum Gasteiger partial charge on any atom is -0.497 e. The minimum absolute atomic E-state index is 0.137. The molecule has 0 radical (unpaired) electrons. The zero-order chi connectivity index (χ0) is 15.8. The van der Waals surface area contributed by atoms with E-state index in [9.17, 15) is 8.42 Å². The van der Waals surface area contributed by atoms with Crippen molar-refractivity contribution in [1.29, 1.82) is 0 Å². The number of hydrogen-bond donors (Lipinski definition) is 1. The molecule has 2 aromatic carbocycles. The van der Waals surface area contributed by atoms with E-state index >= 15 is 0 Å². The van der Waals surface area contributed by atoms with Crippen LogP contribution in [0.15, 0.2) is 54.6 Å². The highest BCUT2D eigenvalue weighted by Gasteiger charge is 2.09. The van der Waals surface area contributed by atoms with Crippen LogP contribution in [0.25, 0.3) is 0 Å². The van der Waals surface area contributed by atoms with Crippen molar-refractivity contribution >= 4 is 10.0 Å². The van der Waals surface area contributed by atoms with Gasteiger partial charge in [0, 0.05) is 6.54 Å². The van der Waals surface area contributed by atoms with Gasteiger partial charge in [0.2, 0.25) is 10.0 Å². The Labute approximate surface area is 132 Å². The number of rotatable bonds is 8. The summed E-state index contributed by atoms with van der Waals surface area (Å²) in [6.45, 7) is 0.303. The van der Waals surface area contributed by atoms with Crippen LogP contribution in [0.5, 0.6) is 5.75 Å². The molecule has 2 rings (SSSR count). The van der Waals surface area contributed by atoms with Gasteiger partial charge in [-0.15, -0.1) is 0 Å². The first-order chi connectivity index (χ1) is 10.6. The van der Waals surface area contributed by atoms with Crippen LogP contribution in [-0.2, 0) is 23.0 Å². The Bertz CT molecular complexity index is 667. The van der Waals surface area contributed by atoms with Gasteiger partial charge in [-0.2, -0.15) is 0 Å². The molecule has 0 aliphatic rings. The van der Waals surface area contributed by atoms with Gasteiger partial charge in [0.15, 0.2) is 0 Å². The highest BCUT2D eigenvalue weighted by atomic mass is 32.2. The standard InChI is InChI=1S/C17H21NO3S/c1-21-17-11-9-16(10-12-17)14-18-22(19,20)13-5-8-15-6-3-2-4-7-15/h2-4,6-7,9-12,18H,5,8,13-14H2,1H3. The Morgan fingerprint density at radius 2 is 1.64 bits per heavy atom. The van der Waals surface area contributed by atoms with Crippen molar-refractivity contribution in [3.63, 3.8) is 0 Å². The van der Waals surface area contributed by atoms with Gasteiger partial charge in [-0.1, -0.05) is 42.5 Å². The first-order valence-corrected chi connectivity index (χ1v) is 8.88. The molecule has 0 heterocycles. The molecule has 0 spiro atoms. The molecule has 118 valence electrons. The molecule has 0 amide bonds. The van der Waals surface area contributed by atoms with Crippen LogP contribution in [0.1, 0.15) is 17.5 Å². The van der Waals surface area contributed by atoms with Crippen molar-refractivity contribution in [2.75, 3.05) is 12.9 Å². The number of sulfonamides is 1. The van der Waals surface area contributed by atoms with Crippen molar-refractivity contribution < 1.29 is 13.2 Å². The van der Waals surface area contributed by atoms with Gasteiger partial charge in [0.05, 0.1) is 12.9 Å². The molecular weight excluding hydrogens is 298 g/mol. The molecule has 4 nitrogen and oxygen atoms in total. The van der Waals surface area contributed by atoms with E-state index in [2.05, 4.69) is 4.72 Å². The molecule has 1 N–H and O–H groups in total. The Hall–Kier alpha value is -1.85. The third-order valence-corrected chi connectivity index (χ3v) is 4.79. The lowest BCUT2D eigenvalue weighted by molar-refractivity contribution is 0.414. The van der Waals surface area contributed by atoms with E-state index < -0.39 is 10.0 Å². The maximum Gasteiger partial charge on any atom is 0.211 e. The molecule has 0 aliphatic carbocycles. The van der Waals surface area contributed by atoms with E-state index in [1.165, 1.54) is 0 Å². The van der Waals surface area contributed by atoms with Gasteiger partial charge < -0.3 is 4.74 Å². The molecular formula is C17H21NO3S. The lowest BCUT2D eigenvalue weighted by Crippen LogP contribution is -2.26. The smallest absolute Gasteiger partial charge is 0.211 e. The molecule has 0 saturated carbocycles. The van der Waals surface area contributed by atoms with Crippen LogP contribution < -0.4 is 9.46 Å². The molecule has 22 heavy (non-hydrogen) atoms. The quantitative estimate of drug-likeness (QED) is 0.814. The van der Waals surface area contributed by atoms with E-state index in [1.807, 2.05) is 54.6 Å². The summed E-state index contributed by atoms with van der Waals surface area (Å²) in [6.07, 6.45) is 1.38. The highest BCUT2D eigenvalue weighted by Crippen LogP contribution is 2.11. The third-order valence-electron chi connectivity index (χ3n) is 3.38. The summed E-state index contributed by atoms with van der Waals surface area (Å²) in [5.41, 5.74) is 2.07. The second-order valence-corrected chi connectivity index (χ2v) is 7.00. The van der Waals surface area contributed by atoms with Crippen molar-refractivity contribution in [1.82, 2.24) is 4.72 Å². The number of hydrogen-bond acceptors (Lipinski definition) is 3. The monoisotopic (exact) mass is 319 g/mol. The Kier molecular flexibility index (Phi) is 5.98. The SMILES string of the molecule is COc1ccc(CNS(=O)(=O)CCCc2ccccc2)cc1. The largest absolute Gasteiger partial charge is 0.497 e. The van der Waals surface area contributed by atoms with Gasteiger partial charge in [0.25, 0.3) is 0 Å². The summed E-state index contributed by atoms with van der Waals surface area (Å²) >= 11 is 0. The van der Waals surface area contributed by atoms with Gasteiger partial charge >= 0.3 is 0 Å². The summed E-state index contributed by atoms with van der Waals surface area (Å²) in [6, 6.07) is 17.2. The summed E-state index contributed by atoms with van der Waals surface area (Å²) in [7, 11) is -1.65. The Balaban J connectivity index is 1.78. The van der Waals surface area contributed by atoms with E-state index in [4.69, 9.17) is 4.74 Å². The zero-order valence-corrected chi connectivity index (χ0v) is 13.5. The maximum absolute atomic E-state index is 12.0. The average molecular weight is 319 g/mol.